The lowest BCUT2D eigenvalue weighted by atomic mass is 10.0. The van der Waals surface area contributed by atoms with Gasteiger partial charge < -0.3 is 24.7 Å². The largest absolute Gasteiger partial charge is 0.382 e. The van der Waals surface area contributed by atoms with Crippen molar-refractivity contribution in [1.82, 2.24) is 19.5 Å². The van der Waals surface area contributed by atoms with E-state index in [2.05, 4.69) is 21.9 Å². The van der Waals surface area contributed by atoms with Crippen LogP contribution in [0.1, 0.15) is 103 Å². The molecule has 0 spiro atoms. The van der Waals surface area contributed by atoms with Crippen LogP contribution in [0.25, 0.3) is 11.2 Å². The van der Waals surface area contributed by atoms with Gasteiger partial charge in [0, 0.05) is 20.8 Å². The number of unbranched alkanes of at least 4 members (excludes halogenated alkanes) is 13. The van der Waals surface area contributed by atoms with Crippen LogP contribution in [0.2, 0.25) is 0 Å². The number of fused-ring (bicyclic) bond motifs is 1. The first-order chi connectivity index (χ1) is 18.2. The number of hydrogen-bond donors (Lipinski definition) is 1. The van der Waals surface area contributed by atoms with Gasteiger partial charge in [-0.25, -0.2) is 15.0 Å². The first kappa shape index (κ1) is 29.7. The molecule has 2 N–H and O–H groups in total. The van der Waals surface area contributed by atoms with E-state index in [1.54, 1.807) is 20.5 Å². The highest BCUT2D eigenvalue weighted by Crippen LogP contribution is 2.35. The third kappa shape index (κ3) is 8.87. The van der Waals surface area contributed by atoms with Gasteiger partial charge in [0.2, 0.25) is 0 Å². The Morgan fingerprint density at radius 1 is 0.838 bits per heavy atom. The Morgan fingerprint density at radius 2 is 1.46 bits per heavy atom. The molecule has 0 saturated carbocycles. The van der Waals surface area contributed by atoms with E-state index in [9.17, 15) is 0 Å². The van der Waals surface area contributed by atoms with Crippen molar-refractivity contribution in [1.29, 1.82) is 0 Å². The van der Waals surface area contributed by atoms with E-state index in [0.29, 0.717) is 30.2 Å². The number of hydrogen-bond acceptors (Lipinski definition) is 8. The van der Waals surface area contributed by atoms with Gasteiger partial charge in [0.25, 0.3) is 0 Å². The molecular weight excluding hydrogens is 470 g/mol. The van der Waals surface area contributed by atoms with Crippen LogP contribution in [0.5, 0.6) is 0 Å². The third-order valence-corrected chi connectivity index (χ3v) is 7.36. The molecule has 1 aliphatic heterocycles. The highest BCUT2D eigenvalue weighted by Gasteiger charge is 2.47. The van der Waals surface area contributed by atoms with Crippen LogP contribution in [0.3, 0.4) is 0 Å². The van der Waals surface area contributed by atoms with Gasteiger partial charge in [-0.1, -0.05) is 90.4 Å². The van der Waals surface area contributed by atoms with E-state index in [-0.39, 0.29) is 18.3 Å². The maximum Gasteiger partial charge on any atom is 0.167 e. The first-order valence-corrected chi connectivity index (χ1v) is 14.4. The number of imidazole rings is 1. The summed E-state index contributed by atoms with van der Waals surface area (Å²) in [6.45, 7) is 3.35. The molecule has 4 atom stereocenters. The molecule has 210 valence electrons. The molecule has 1 saturated heterocycles. The number of nitrogens with two attached hydrogens (primary N) is 1. The fraction of sp³-hybridized carbons (Fsp3) is 0.821. The van der Waals surface area contributed by atoms with Crippen LogP contribution < -0.4 is 5.73 Å². The lowest BCUT2D eigenvalue weighted by Gasteiger charge is -2.24. The molecule has 0 aromatic carbocycles. The molecule has 3 heterocycles. The molecule has 1 fully saturated rings. The number of aromatic nitrogens is 4. The monoisotopic (exact) mass is 519 g/mol. The molecule has 0 amide bonds. The van der Waals surface area contributed by atoms with Gasteiger partial charge in [0.15, 0.2) is 17.7 Å². The highest BCUT2D eigenvalue weighted by molar-refractivity contribution is 5.81. The molecule has 0 unspecified atom stereocenters. The standard InChI is InChI=1S/C28H49N5O4/c1-4-5-6-7-8-9-10-11-12-13-14-15-16-17-18-36-25-24(35-3)22(19-34-2)37-28(25)33-21-32-23-26(29)30-20-31-27(23)33/h20-22,24-25,28H,4-19H2,1-3H3,(H2,29,30,31)/t22-,24-,25-,28-/m1/s1. The number of nitrogens with zero attached hydrogens (tertiary/aromatic N) is 4. The Balaban J connectivity index is 1.38. The van der Waals surface area contributed by atoms with Crippen molar-refractivity contribution in [2.24, 2.45) is 0 Å². The molecule has 0 radical (unpaired) electrons. The molecule has 9 heteroatoms. The second-order valence-electron chi connectivity index (χ2n) is 10.2. The van der Waals surface area contributed by atoms with Crippen LogP contribution in [0, 0.1) is 0 Å². The SMILES string of the molecule is CCCCCCCCCCCCCCCCO[C@@H]1[C@H](OC)[C@@H](COC)O[C@H]1n1cnc2c(N)ncnc21. The van der Waals surface area contributed by atoms with Gasteiger partial charge in [-0.2, -0.15) is 0 Å². The molecule has 9 nitrogen and oxygen atoms in total. The first-order valence-electron chi connectivity index (χ1n) is 14.4. The van der Waals surface area contributed by atoms with Crippen LogP contribution >= 0.6 is 0 Å². The summed E-state index contributed by atoms with van der Waals surface area (Å²) < 4.78 is 25.8. The van der Waals surface area contributed by atoms with Gasteiger partial charge in [-0.05, 0) is 6.42 Å². The van der Waals surface area contributed by atoms with E-state index in [1.165, 1.54) is 89.8 Å². The minimum absolute atomic E-state index is 0.252. The van der Waals surface area contributed by atoms with Crippen LogP contribution in [-0.4, -0.2) is 65.3 Å². The fourth-order valence-corrected chi connectivity index (χ4v) is 5.27. The van der Waals surface area contributed by atoms with Gasteiger partial charge in [0.05, 0.1) is 12.9 Å². The van der Waals surface area contributed by atoms with Crippen molar-refractivity contribution in [2.45, 2.75) is 121 Å². The fourth-order valence-electron chi connectivity index (χ4n) is 5.27. The second-order valence-corrected chi connectivity index (χ2v) is 10.2. The van der Waals surface area contributed by atoms with E-state index >= 15 is 0 Å². The number of methoxy groups -OCH3 is 2. The Labute approximate surface area is 222 Å². The summed E-state index contributed by atoms with van der Waals surface area (Å²) >= 11 is 0. The molecule has 37 heavy (non-hydrogen) atoms. The summed E-state index contributed by atoms with van der Waals surface area (Å²) in [4.78, 5) is 12.8. The minimum Gasteiger partial charge on any atom is -0.382 e. The van der Waals surface area contributed by atoms with Crippen molar-refractivity contribution < 1.29 is 18.9 Å². The highest BCUT2D eigenvalue weighted by atomic mass is 16.6. The molecule has 0 aliphatic carbocycles. The summed E-state index contributed by atoms with van der Waals surface area (Å²) in [5.41, 5.74) is 7.16. The topological polar surface area (TPSA) is 107 Å². The molecule has 1 aliphatic rings. The zero-order valence-corrected chi connectivity index (χ0v) is 23.3. The van der Waals surface area contributed by atoms with E-state index in [0.717, 1.165) is 6.42 Å². The normalized spacial score (nSPS) is 21.8. The van der Waals surface area contributed by atoms with Crippen LogP contribution in [0.15, 0.2) is 12.7 Å². The van der Waals surface area contributed by atoms with Crippen molar-refractivity contribution in [2.75, 3.05) is 33.2 Å². The van der Waals surface area contributed by atoms with Crippen molar-refractivity contribution >= 4 is 17.0 Å². The minimum atomic E-state index is -0.434. The molecule has 3 rings (SSSR count). The van der Waals surface area contributed by atoms with Gasteiger partial charge >= 0.3 is 0 Å². The molecular formula is C28H49N5O4. The Morgan fingerprint density at radius 3 is 2.05 bits per heavy atom. The summed E-state index contributed by atoms with van der Waals surface area (Å²) in [6.07, 6.45) is 20.5. The van der Waals surface area contributed by atoms with E-state index < -0.39 is 6.23 Å². The summed E-state index contributed by atoms with van der Waals surface area (Å²) in [6, 6.07) is 0. The van der Waals surface area contributed by atoms with E-state index in [1.807, 2.05) is 4.57 Å². The van der Waals surface area contributed by atoms with Gasteiger partial charge in [-0.3, -0.25) is 4.57 Å². The maximum atomic E-state index is 6.38. The van der Waals surface area contributed by atoms with Crippen LogP contribution in [-0.2, 0) is 18.9 Å². The predicted molar refractivity (Wildman–Crippen MR) is 146 cm³/mol. The number of rotatable bonds is 20. The molecule has 0 bridgehead atoms. The average Bonchev–Trinajstić information content (AvgIpc) is 3.48. The number of nitrogen functional groups attached to an aromatic ring is 1. The summed E-state index contributed by atoms with van der Waals surface area (Å²) in [7, 11) is 3.35. The van der Waals surface area contributed by atoms with Crippen molar-refractivity contribution in [3.05, 3.63) is 12.7 Å². The lowest BCUT2D eigenvalue weighted by Crippen LogP contribution is -2.37. The molecule has 2 aromatic rings. The number of anilines is 1. The zero-order valence-electron chi connectivity index (χ0n) is 23.3. The van der Waals surface area contributed by atoms with Crippen molar-refractivity contribution in [3.8, 4) is 0 Å². The molecule has 2 aromatic heterocycles. The predicted octanol–water partition coefficient (Wildman–Crippen LogP) is 5.83. The zero-order chi connectivity index (χ0) is 26.3. The number of ether oxygens (including phenoxy) is 4. The van der Waals surface area contributed by atoms with Crippen molar-refractivity contribution in [3.63, 3.8) is 0 Å². The quantitative estimate of drug-likeness (QED) is 0.218. The summed E-state index contributed by atoms with van der Waals surface area (Å²) in [5.74, 6) is 0.346. The Bertz CT molecular complexity index is 879. The summed E-state index contributed by atoms with van der Waals surface area (Å²) in [5, 5.41) is 0. The maximum absolute atomic E-state index is 6.38. The van der Waals surface area contributed by atoms with Gasteiger partial charge in [0.1, 0.15) is 30.2 Å². The average molecular weight is 520 g/mol. The van der Waals surface area contributed by atoms with Crippen LogP contribution in [0.4, 0.5) is 5.82 Å². The Hall–Kier alpha value is -1.81. The van der Waals surface area contributed by atoms with Gasteiger partial charge in [-0.15, -0.1) is 0 Å². The lowest BCUT2D eigenvalue weighted by molar-refractivity contribution is -0.0742. The Kier molecular flexibility index (Phi) is 13.6. The second kappa shape index (κ2) is 16.9. The van der Waals surface area contributed by atoms with E-state index in [4.69, 9.17) is 24.7 Å². The smallest absolute Gasteiger partial charge is 0.167 e. The third-order valence-electron chi connectivity index (χ3n) is 7.36.